The van der Waals surface area contributed by atoms with Gasteiger partial charge in [0.25, 0.3) is 5.91 Å². The van der Waals surface area contributed by atoms with Gasteiger partial charge in [-0.25, -0.2) is 15.2 Å². The van der Waals surface area contributed by atoms with Crippen LogP contribution in [0, 0.1) is 12.7 Å². The van der Waals surface area contributed by atoms with E-state index in [0.717, 1.165) is 12.0 Å². The first-order valence-corrected chi connectivity index (χ1v) is 11.0. The van der Waals surface area contributed by atoms with E-state index in [0.29, 0.717) is 29.1 Å². The number of ether oxygens (including phenoxy) is 1. The van der Waals surface area contributed by atoms with Crippen LogP contribution in [-0.4, -0.2) is 40.9 Å². The van der Waals surface area contributed by atoms with Gasteiger partial charge in [-0.3, -0.25) is 4.79 Å². The van der Waals surface area contributed by atoms with Crippen molar-refractivity contribution in [2.75, 3.05) is 25.9 Å². The van der Waals surface area contributed by atoms with E-state index in [2.05, 4.69) is 4.98 Å². The fraction of sp³-hybridized carbons (Fsp3) is 0.417. The maximum atomic E-state index is 14.0. The van der Waals surface area contributed by atoms with Gasteiger partial charge in [0, 0.05) is 42.8 Å². The van der Waals surface area contributed by atoms with Gasteiger partial charge in [-0.15, -0.1) is 0 Å². The molecule has 0 spiro atoms. The Balaban J connectivity index is 0.00000265. The van der Waals surface area contributed by atoms with E-state index in [9.17, 15) is 9.18 Å². The van der Waals surface area contributed by atoms with Crippen molar-refractivity contribution in [3.05, 3.63) is 64.9 Å². The Morgan fingerprint density at radius 3 is 2.61 bits per heavy atom. The predicted molar refractivity (Wildman–Crippen MR) is 131 cm³/mol. The highest BCUT2D eigenvalue weighted by Gasteiger charge is 2.22. The number of aromatic nitrogens is 1. The third-order valence-corrected chi connectivity index (χ3v) is 4.58. The van der Waals surface area contributed by atoms with Gasteiger partial charge in [0.2, 0.25) is 0 Å². The number of benzene rings is 1. The average molecular weight is 461 g/mol. The van der Waals surface area contributed by atoms with E-state index in [1.54, 1.807) is 32.4 Å². The minimum absolute atomic E-state index is 0.164. The van der Waals surface area contributed by atoms with Crippen molar-refractivity contribution in [3.8, 4) is 5.75 Å². The number of nitrogens with zero attached hydrogens (tertiary/aromatic N) is 3. The van der Waals surface area contributed by atoms with E-state index in [4.69, 9.17) is 22.0 Å². The lowest BCUT2D eigenvalue weighted by Crippen LogP contribution is -2.34. The molecule has 9 heteroatoms. The fourth-order valence-corrected chi connectivity index (χ4v) is 3.09. The number of hydrogen-bond donors (Lipinski definition) is 3. The maximum Gasteiger partial charge on any atom is 0.254 e. The van der Waals surface area contributed by atoms with E-state index >= 15 is 0 Å². The molecule has 0 saturated carbocycles. The Labute approximate surface area is 196 Å². The number of nitrogens with two attached hydrogens (primary N) is 3. The summed E-state index contributed by atoms with van der Waals surface area (Å²) < 4.78 is 19.9. The number of aryl methyl sites for hydroxylation is 1. The van der Waals surface area contributed by atoms with Gasteiger partial charge >= 0.3 is 0 Å². The molecule has 1 unspecified atom stereocenters. The second-order valence-electron chi connectivity index (χ2n) is 7.49. The Kier molecular flexibility index (Phi) is 11.1. The highest BCUT2D eigenvalue weighted by atomic mass is 19.1. The topological polar surface area (TPSA) is 124 Å². The number of nitrogen functional groups attached to an aromatic ring is 1. The zero-order valence-electron chi connectivity index (χ0n) is 20.4. The molecule has 0 bridgehead atoms. The molecule has 2 aromatic rings. The Morgan fingerprint density at radius 1 is 1.30 bits per heavy atom. The molecule has 0 aliphatic rings. The lowest BCUT2D eigenvalue weighted by Gasteiger charge is -2.23. The number of hydrogen-bond acceptors (Lipinski definition) is 7. The van der Waals surface area contributed by atoms with Crippen LogP contribution in [0.5, 0.6) is 5.75 Å². The normalized spacial score (nSPS) is 11.8. The smallest absolute Gasteiger partial charge is 0.254 e. The van der Waals surface area contributed by atoms with E-state index < -0.39 is 11.9 Å². The predicted octanol–water partition coefficient (Wildman–Crippen LogP) is 3.74. The molecule has 0 aliphatic heterocycles. The summed E-state index contributed by atoms with van der Waals surface area (Å²) in [4.78, 5) is 18.6. The van der Waals surface area contributed by atoms with Crippen LogP contribution >= 0.6 is 0 Å². The molecule has 1 heterocycles. The van der Waals surface area contributed by atoms with E-state index in [-0.39, 0.29) is 18.3 Å². The summed E-state index contributed by atoms with van der Waals surface area (Å²) in [6.45, 7) is 10.4. The highest BCUT2D eigenvalue weighted by Crippen LogP contribution is 2.29. The van der Waals surface area contributed by atoms with Crippen LogP contribution in [0.3, 0.4) is 0 Å². The van der Waals surface area contributed by atoms with E-state index in [1.807, 2.05) is 27.7 Å². The minimum atomic E-state index is -0.647. The number of carbonyl (C=O) groups excluding carboxylic acids is 1. The summed E-state index contributed by atoms with van der Waals surface area (Å²) in [5.41, 5.74) is 13.9. The lowest BCUT2D eigenvalue weighted by molar-refractivity contribution is 0.0800. The molecule has 1 amide bonds. The van der Waals surface area contributed by atoms with Crippen molar-refractivity contribution in [1.29, 1.82) is 0 Å². The average Bonchev–Trinajstić information content (AvgIpc) is 2.77. The molecule has 1 aromatic heterocycles. The van der Waals surface area contributed by atoms with Gasteiger partial charge in [-0.2, -0.15) is 0 Å². The monoisotopic (exact) mass is 460 g/mol. The van der Waals surface area contributed by atoms with E-state index in [1.165, 1.54) is 28.1 Å². The van der Waals surface area contributed by atoms with Crippen LogP contribution < -0.4 is 22.0 Å². The molecular formula is C24H37FN6O2. The van der Waals surface area contributed by atoms with Gasteiger partial charge in [-0.05, 0) is 50.1 Å². The van der Waals surface area contributed by atoms with Crippen LogP contribution in [0.2, 0.25) is 0 Å². The maximum absolute atomic E-state index is 14.0. The molecule has 6 N–H and O–H groups in total. The number of amides is 1. The first kappa shape index (κ1) is 27.7. The molecule has 182 valence electrons. The van der Waals surface area contributed by atoms with Gasteiger partial charge < -0.3 is 26.1 Å². The molecule has 2 rings (SSSR count). The summed E-state index contributed by atoms with van der Waals surface area (Å²) >= 11 is 0. The van der Waals surface area contributed by atoms with Crippen molar-refractivity contribution in [3.63, 3.8) is 0 Å². The standard InChI is InChI=1S/C22H31FN6O2.C2H6/c1-5-8-29(26)13-17(24)12-28(4)22(30)18-7-6-16(23)10-19(18)15(3)31-20-9-14(2)11-27-21(20)25;1-2/h6-7,9-11,13,15H,5,8,12,24,26H2,1-4H3,(H2,25,27);1-2H3/b17-13-;. The second kappa shape index (κ2) is 13.3. The molecule has 0 aliphatic carbocycles. The highest BCUT2D eigenvalue weighted by molar-refractivity contribution is 5.95. The molecule has 1 atom stereocenters. The SMILES string of the molecule is CC.CCCN(N)/C=C(\N)CN(C)C(=O)c1ccc(F)cc1C(C)Oc1cc(C)cnc1N. The molecule has 33 heavy (non-hydrogen) atoms. The molecule has 0 radical (unpaired) electrons. The quantitative estimate of drug-likeness (QED) is 0.385. The molecule has 1 aromatic carbocycles. The summed E-state index contributed by atoms with van der Waals surface area (Å²) in [6.07, 6.45) is 3.44. The molecule has 0 saturated heterocycles. The van der Waals surface area contributed by atoms with Gasteiger partial charge in [0.15, 0.2) is 11.6 Å². The molecule has 8 nitrogen and oxygen atoms in total. The van der Waals surface area contributed by atoms with Gasteiger partial charge in [-0.1, -0.05) is 20.8 Å². The van der Waals surface area contributed by atoms with Crippen LogP contribution in [-0.2, 0) is 0 Å². The van der Waals surface area contributed by atoms with Crippen LogP contribution in [0.15, 0.2) is 42.4 Å². The summed E-state index contributed by atoms with van der Waals surface area (Å²) in [5.74, 6) is 5.62. The zero-order valence-corrected chi connectivity index (χ0v) is 20.4. The second-order valence-corrected chi connectivity index (χ2v) is 7.49. The number of carbonyl (C=O) groups is 1. The Bertz CT molecular complexity index is 951. The zero-order chi connectivity index (χ0) is 25.1. The summed E-state index contributed by atoms with van der Waals surface area (Å²) in [7, 11) is 1.62. The third-order valence-electron chi connectivity index (χ3n) is 4.58. The Morgan fingerprint density at radius 2 is 1.97 bits per heavy atom. The fourth-order valence-electron chi connectivity index (χ4n) is 3.09. The number of likely N-dealkylation sites (N-methyl/N-ethyl adjacent to an activating group) is 1. The van der Waals surface area contributed by atoms with Crippen molar-refractivity contribution in [2.24, 2.45) is 11.6 Å². The first-order valence-electron chi connectivity index (χ1n) is 11.0. The third kappa shape index (κ3) is 8.27. The number of pyridine rings is 1. The summed E-state index contributed by atoms with van der Waals surface area (Å²) in [5, 5.41) is 1.48. The molecular weight excluding hydrogens is 423 g/mol. The lowest BCUT2D eigenvalue weighted by atomic mass is 10.0. The van der Waals surface area contributed by atoms with Crippen molar-refractivity contribution < 1.29 is 13.9 Å². The van der Waals surface area contributed by atoms with Crippen LogP contribution in [0.25, 0.3) is 0 Å². The van der Waals surface area contributed by atoms with Crippen molar-refractivity contribution >= 4 is 11.7 Å². The number of halogens is 1. The summed E-state index contributed by atoms with van der Waals surface area (Å²) in [6, 6.07) is 5.70. The van der Waals surface area contributed by atoms with Crippen LogP contribution in [0.4, 0.5) is 10.2 Å². The Hall–Kier alpha value is -3.33. The number of rotatable bonds is 9. The molecule has 0 fully saturated rings. The van der Waals surface area contributed by atoms with Crippen molar-refractivity contribution in [2.45, 2.75) is 47.1 Å². The number of hydrazine groups is 1. The van der Waals surface area contributed by atoms with Gasteiger partial charge in [0.1, 0.15) is 11.9 Å². The number of anilines is 1. The van der Waals surface area contributed by atoms with Crippen LogP contribution in [0.1, 0.15) is 61.7 Å². The minimum Gasteiger partial charge on any atom is -0.482 e. The van der Waals surface area contributed by atoms with Gasteiger partial charge in [0.05, 0.1) is 6.54 Å². The largest absolute Gasteiger partial charge is 0.482 e. The van der Waals surface area contributed by atoms with Crippen molar-refractivity contribution in [1.82, 2.24) is 14.9 Å². The first-order chi connectivity index (χ1) is 15.6.